The van der Waals surface area contributed by atoms with E-state index in [1.807, 2.05) is 0 Å². The summed E-state index contributed by atoms with van der Waals surface area (Å²) in [5.74, 6) is -7.44. The van der Waals surface area contributed by atoms with Crippen LogP contribution >= 0.6 is 0 Å². The third-order valence-electron chi connectivity index (χ3n) is 6.95. The van der Waals surface area contributed by atoms with Gasteiger partial charge in [-0.1, -0.05) is 12.1 Å². The van der Waals surface area contributed by atoms with Crippen molar-refractivity contribution in [2.75, 3.05) is 0 Å². The maximum Gasteiger partial charge on any atom is 0.436 e. The van der Waals surface area contributed by atoms with Crippen molar-refractivity contribution in [1.82, 2.24) is 4.98 Å². The smallest absolute Gasteiger partial charge is 0.209 e. The van der Waals surface area contributed by atoms with E-state index < -0.39 is 103 Å². The Morgan fingerprint density at radius 2 is 1.06 bits per heavy atom. The Hall–Kier alpha value is -6.07. The van der Waals surface area contributed by atoms with Crippen molar-refractivity contribution >= 4 is 16.7 Å². The molecule has 48 heavy (non-hydrogen) atoms. The number of halogens is 12. The molecule has 0 aliphatic heterocycles. The summed E-state index contributed by atoms with van der Waals surface area (Å²) in [7, 11) is 0. The van der Waals surface area contributed by atoms with Crippen LogP contribution in [0, 0.1) is 62.9 Å². The van der Waals surface area contributed by atoms with E-state index in [4.69, 9.17) is 0 Å². The van der Waals surface area contributed by atoms with Crippen LogP contribution in [0.25, 0.3) is 16.7 Å². The minimum atomic E-state index is -5.73. The molecule has 5 nitrogen and oxygen atoms in total. The van der Waals surface area contributed by atoms with Gasteiger partial charge in [0.1, 0.15) is 12.1 Å². The average Bonchev–Trinajstić information content (AvgIpc) is 3.73. The van der Waals surface area contributed by atoms with Crippen LogP contribution in [0.1, 0.15) is 51.6 Å². The van der Waals surface area contributed by atoms with Gasteiger partial charge < -0.3 is 0 Å². The van der Waals surface area contributed by atoms with E-state index >= 15 is 4.39 Å². The highest BCUT2D eigenvalue weighted by Gasteiger charge is 2.45. The number of rotatable bonds is 3. The lowest BCUT2D eigenvalue weighted by atomic mass is 9.96. The number of aromatic nitrogens is 1. The van der Waals surface area contributed by atoms with Crippen molar-refractivity contribution in [3.63, 3.8) is 0 Å². The van der Waals surface area contributed by atoms with Crippen LogP contribution in [-0.2, 0) is 18.5 Å². The number of pyridine rings is 1. The molecule has 1 heterocycles. The lowest BCUT2D eigenvalue weighted by Crippen LogP contribution is -2.16. The van der Waals surface area contributed by atoms with Gasteiger partial charge >= 0.3 is 18.5 Å². The molecule has 0 spiro atoms. The SMILES string of the molecule is CC(=C1C(=C(C#N)c2ccc(C(F)(F)F)cc2C#N)C1=C(C#N)c1c(F)c(F)nc(C(F)(F)F)c1F)c1ccc(C(F)(F)F)cc1C#N. The van der Waals surface area contributed by atoms with Crippen molar-refractivity contribution < 1.29 is 52.7 Å². The molecule has 0 radical (unpaired) electrons. The Labute approximate surface area is 260 Å². The Bertz CT molecular complexity index is 2170. The van der Waals surface area contributed by atoms with Crippen LogP contribution in [0.5, 0.6) is 0 Å². The second-order valence-electron chi connectivity index (χ2n) is 9.72. The van der Waals surface area contributed by atoms with Gasteiger partial charge in [0, 0.05) is 16.7 Å². The predicted octanol–water partition coefficient (Wildman–Crippen LogP) is 9.04. The lowest BCUT2D eigenvalue weighted by Gasteiger charge is -2.11. The maximum absolute atomic E-state index is 15.2. The van der Waals surface area contributed by atoms with Crippen molar-refractivity contribution in [3.05, 3.63) is 115 Å². The zero-order valence-electron chi connectivity index (χ0n) is 23.2. The number of nitrogens with zero attached hydrogens (tertiary/aromatic N) is 5. The first kappa shape index (κ1) is 34.8. The van der Waals surface area contributed by atoms with Gasteiger partial charge in [-0.15, -0.1) is 0 Å². The standard InChI is InChI=1S/C31H9F12N5/c1-12(17-4-2-15(29(35,36)37)6-13(17)8-44)21-22(19(10-46)18-5-3-16(30(38,39)40)7-14(18)9-45)23(21)20(11-47)24-25(32)27(31(41,42)43)48-28(34)26(24)33/h2-7H,1H3. The van der Waals surface area contributed by atoms with Crippen LogP contribution in [0.15, 0.2) is 53.1 Å². The third kappa shape index (κ3) is 6.06. The van der Waals surface area contributed by atoms with Crippen LogP contribution in [-0.4, -0.2) is 4.98 Å². The lowest BCUT2D eigenvalue weighted by molar-refractivity contribution is -0.144. The fraction of sp³-hybridized carbons (Fsp3) is 0.129. The molecule has 0 bridgehead atoms. The van der Waals surface area contributed by atoms with Crippen LogP contribution in [0.4, 0.5) is 52.7 Å². The van der Waals surface area contributed by atoms with E-state index in [1.165, 1.54) is 18.2 Å². The van der Waals surface area contributed by atoms with Crippen LogP contribution in [0.2, 0.25) is 0 Å². The summed E-state index contributed by atoms with van der Waals surface area (Å²) in [6.45, 7) is 1.08. The normalized spacial score (nSPS) is 16.3. The van der Waals surface area contributed by atoms with Gasteiger partial charge in [0.05, 0.1) is 51.1 Å². The Balaban J connectivity index is 2.21. The Morgan fingerprint density at radius 1 is 0.604 bits per heavy atom. The van der Waals surface area contributed by atoms with E-state index in [9.17, 15) is 69.3 Å². The molecule has 1 aromatic heterocycles. The largest absolute Gasteiger partial charge is 0.436 e. The first-order valence-corrected chi connectivity index (χ1v) is 12.6. The quantitative estimate of drug-likeness (QED) is 0.156. The third-order valence-corrected chi connectivity index (χ3v) is 6.95. The van der Waals surface area contributed by atoms with Crippen molar-refractivity contribution in [1.29, 1.82) is 21.0 Å². The molecule has 1 aliphatic rings. The Morgan fingerprint density at radius 3 is 1.50 bits per heavy atom. The predicted molar refractivity (Wildman–Crippen MR) is 139 cm³/mol. The second kappa shape index (κ2) is 11.9. The van der Waals surface area contributed by atoms with E-state index in [1.54, 1.807) is 6.07 Å². The summed E-state index contributed by atoms with van der Waals surface area (Å²) in [6.07, 6.45) is -15.6. The second-order valence-corrected chi connectivity index (χ2v) is 9.72. The molecule has 1 fully saturated rings. The monoisotopic (exact) mass is 679 g/mol. The van der Waals surface area contributed by atoms with Crippen molar-refractivity contribution in [3.8, 4) is 24.3 Å². The molecule has 17 heteroatoms. The maximum atomic E-state index is 15.2. The number of allylic oxidation sites excluding steroid dienone is 6. The highest BCUT2D eigenvalue weighted by Crippen LogP contribution is 2.57. The number of nitriles is 4. The molecule has 0 saturated heterocycles. The zero-order chi connectivity index (χ0) is 36.1. The first-order valence-electron chi connectivity index (χ1n) is 12.6. The molecule has 3 aromatic rings. The summed E-state index contributed by atoms with van der Waals surface area (Å²) < 4.78 is 165. The van der Waals surface area contributed by atoms with Gasteiger partial charge in [-0.3, -0.25) is 0 Å². The molecule has 0 amide bonds. The highest BCUT2D eigenvalue weighted by atomic mass is 19.4. The molecule has 2 aromatic carbocycles. The number of hydrogen-bond acceptors (Lipinski definition) is 5. The summed E-state index contributed by atoms with van der Waals surface area (Å²) in [6, 6.07) is 8.78. The van der Waals surface area contributed by atoms with Gasteiger partial charge in [0.25, 0.3) is 0 Å². The number of alkyl halides is 9. The van der Waals surface area contributed by atoms with Gasteiger partial charge in [-0.2, -0.15) is 65.0 Å². The molecule has 1 saturated carbocycles. The fourth-order valence-corrected chi connectivity index (χ4v) is 4.78. The number of hydrogen-bond donors (Lipinski definition) is 0. The molecular weight excluding hydrogens is 670 g/mol. The summed E-state index contributed by atoms with van der Waals surface area (Å²) >= 11 is 0. The highest BCUT2D eigenvalue weighted by molar-refractivity contribution is 6.10. The van der Waals surface area contributed by atoms with Gasteiger partial charge in [0.15, 0.2) is 17.3 Å². The molecular formula is C31H9F12N5. The summed E-state index contributed by atoms with van der Waals surface area (Å²) in [5.41, 5.74) is -13.8. The first-order chi connectivity index (χ1) is 22.2. The van der Waals surface area contributed by atoms with Crippen molar-refractivity contribution in [2.45, 2.75) is 25.5 Å². The zero-order valence-corrected chi connectivity index (χ0v) is 23.2. The molecule has 4 rings (SSSR count). The van der Waals surface area contributed by atoms with Gasteiger partial charge in [0.2, 0.25) is 5.95 Å². The fourth-order valence-electron chi connectivity index (χ4n) is 4.78. The molecule has 0 N–H and O–H groups in total. The number of benzene rings is 2. The minimum Gasteiger partial charge on any atom is -0.209 e. The average molecular weight is 679 g/mol. The van der Waals surface area contributed by atoms with E-state index in [2.05, 4.69) is 4.98 Å². The van der Waals surface area contributed by atoms with Crippen LogP contribution < -0.4 is 0 Å². The van der Waals surface area contributed by atoms with E-state index in [-0.39, 0.29) is 11.1 Å². The molecule has 0 atom stereocenters. The molecule has 0 unspecified atom stereocenters. The topological polar surface area (TPSA) is 108 Å². The van der Waals surface area contributed by atoms with Gasteiger partial charge in [-0.25, -0.2) is 13.8 Å². The Kier molecular flexibility index (Phi) is 8.66. The van der Waals surface area contributed by atoms with Crippen molar-refractivity contribution in [2.24, 2.45) is 0 Å². The van der Waals surface area contributed by atoms with E-state index in [0.29, 0.717) is 30.3 Å². The minimum absolute atomic E-state index is 0.303. The van der Waals surface area contributed by atoms with Gasteiger partial charge in [-0.05, 0) is 47.9 Å². The molecule has 242 valence electrons. The van der Waals surface area contributed by atoms with E-state index in [0.717, 1.165) is 13.0 Å². The van der Waals surface area contributed by atoms with Crippen LogP contribution in [0.3, 0.4) is 0 Å². The molecule has 1 aliphatic carbocycles. The summed E-state index contributed by atoms with van der Waals surface area (Å²) in [4.78, 5) is 2.22. The summed E-state index contributed by atoms with van der Waals surface area (Å²) in [5, 5.41) is 39.2.